The zero-order valence-corrected chi connectivity index (χ0v) is 16.7. The number of alkyl halides is 3. The third-order valence-electron chi connectivity index (χ3n) is 5.29. The Labute approximate surface area is 180 Å². The maximum atomic E-state index is 13.1. The van der Waals surface area contributed by atoms with Gasteiger partial charge in [-0.3, -0.25) is 4.79 Å². The number of benzene rings is 2. The molecule has 0 radical (unpaired) electrons. The summed E-state index contributed by atoms with van der Waals surface area (Å²) < 4.78 is 42.3. The van der Waals surface area contributed by atoms with Gasteiger partial charge in [0.2, 0.25) is 0 Å². The Morgan fingerprint density at radius 3 is 2.50 bits per heavy atom. The van der Waals surface area contributed by atoms with Crippen LogP contribution < -0.4 is 10.3 Å². The van der Waals surface area contributed by atoms with E-state index in [9.17, 15) is 18.0 Å². The second-order valence-corrected chi connectivity index (χ2v) is 7.65. The molecule has 0 atom stereocenters. The highest BCUT2D eigenvalue weighted by Crippen LogP contribution is 2.38. The molecule has 0 aliphatic heterocycles. The Kier molecular flexibility index (Phi) is 4.88. The van der Waals surface area contributed by atoms with Crippen LogP contribution in [0.1, 0.15) is 30.3 Å². The maximum Gasteiger partial charge on any atom is 0.573 e. The molecular weight excluding hydrogens is 421 g/mol. The number of nitrogens with zero attached hydrogens (tertiary/aromatic N) is 4. The van der Waals surface area contributed by atoms with Crippen molar-refractivity contribution in [2.45, 2.75) is 31.7 Å². The normalized spacial score (nSPS) is 14.0. The van der Waals surface area contributed by atoms with Gasteiger partial charge in [-0.15, -0.1) is 13.2 Å². The molecule has 2 aromatic heterocycles. The van der Waals surface area contributed by atoms with Crippen LogP contribution in [0.25, 0.3) is 21.9 Å². The summed E-state index contributed by atoms with van der Waals surface area (Å²) in [5.74, 6) is 0.704. The number of halogens is 3. The van der Waals surface area contributed by atoms with Crippen molar-refractivity contribution in [1.82, 2.24) is 19.7 Å². The summed E-state index contributed by atoms with van der Waals surface area (Å²) in [5, 5.41) is 5.36. The summed E-state index contributed by atoms with van der Waals surface area (Å²) in [7, 11) is 0. The van der Waals surface area contributed by atoms with Gasteiger partial charge in [0.25, 0.3) is 5.56 Å². The smallest absolute Gasteiger partial charge is 0.406 e. The molecule has 6 nitrogen and oxygen atoms in total. The molecule has 32 heavy (non-hydrogen) atoms. The van der Waals surface area contributed by atoms with E-state index in [1.807, 2.05) is 6.07 Å². The minimum absolute atomic E-state index is 0.156. The van der Waals surface area contributed by atoms with Crippen LogP contribution in [0.5, 0.6) is 5.75 Å². The van der Waals surface area contributed by atoms with Crippen molar-refractivity contribution in [2.75, 3.05) is 0 Å². The number of fused-ring (bicyclic) bond motifs is 1. The van der Waals surface area contributed by atoms with E-state index >= 15 is 0 Å². The molecule has 1 fully saturated rings. The van der Waals surface area contributed by atoms with Gasteiger partial charge >= 0.3 is 6.36 Å². The summed E-state index contributed by atoms with van der Waals surface area (Å²) in [6, 6.07) is 12.7. The van der Waals surface area contributed by atoms with Crippen molar-refractivity contribution in [1.29, 1.82) is 0 Å². The number of hydrogen-bond donors (Lipinski definition) is 0. The van der Waals surface area contributed by atoms with Crippen LogP contribution in [0.3, 0.4) is 0 Å². The van der Waals surface area contributed by atoms with Crippen LogP contribution in [-0.4, -0.2) is 26.1 Å². The predicted molar refractivity (Wildman–Crippen MR) is 111 cm³/mol. The van der Waals surface area contributed by atoms with Crippen LogP contribution in [0, 0.1) is 0 Å². The molecule has 0 bridgehead atoms. The maximum absolute atomic E-state index is 13.1. The summed E-state index contributed by atoms with van der Waals surface area (Å²) in [5.41, 5.74) is 2.05. The summed E-state index contributed by atoms with van der Waals surface area (Å²) in [6.07, 6.45) is 0.801. The fraction of sp³-hybridized carbons (Fsp3) is 0.217. The molecule has 4 aromatic rings. The largest absolute Gasteiger partial charge is 0.573 e. The van der Waals surface area contributed by atoms with Gasteiger partial charge < -0.3 is 4.74 Å². The van der Waals surface area contributed by atoms with Gasteiger partial charge in [-0.25, -0.2) is 14.6 Å². The molecule has 0 amide bonds. The number of aromatic nitrogens is 4. The number of hydrogen-bond acceptors (Lipinski definition) is 5. The van der Waals surface area contributed by atoms with Gasteiger partial charge in [-0.2, -0.15) is 5.10 Å². The quantitative estimate of drug-likeness (QED) is 0.453. The molecule has 162 valence electrons. The summed E-state index contributed by atoms with van der Waals surface area (Å²) in [6.45, 7) is 0.156. The fourth-order valence-corrected chi connectivity index (χ4v) is 3.55. The molecule has 2 heterocycles. The fourth-order valence-electron chi connectivity index (χ4n) is 3.55. The van der Waals surface area contributed by atoms with Crippen LogP contribution in [-0.2, 0) is 6.54 Å². The second-order valence-electron chi connectivity index (χ2n) is 7.65. The average molecular weight is 438 g/mol. The minimum atomic E-state index is -4.75. The third-order valence-corrected chi connectivity index (χ3v) is 5.29. The van der Waals surface area contributed by atoms with Gasteiger partial charge in [0.05, 0.1) is 11.6 Å². The van der Waals surface area contributed by atoms with Crippen molar-refractivity contribution in [3.8, 4) is 16.9 Å². The standard InChI is InChI=1S/C23H17F3N4O2/c24-23(25,26)32-18-7-5-14(6-8-18)16-3-4-17-12-28-30(22(31)19(17)11-16)13-21-27-10-9-20(29-21)15-1-2-15/h3-12,15H,1-2,13H2. The number of rotatable bonds is 5. The molecule has 2 aromatic carbocycles. The first-order valence-corrected chi connectivity index (χ1v) is 10.0. The van der Waals surface area contributed by atoms with Crippen molar-refractivity contribution < 1.29 is 17.9 Å². The van der Waals surface area contributed by atoms with Crippen molar-refractivity contribution in [3.05, 3.63) is 82.8 Å². The lowest BCUT2D eigenvalue weighted by Gasteiger charge is -2.10. The molecule has 5 rings (SSSR count). The molecule has 0 spiro atoms. The molecule has 0 saturated heterocycles. The van der Waals surface area contributed by atoms with Crippen LogP contribution in [0.15, 0.2) is 65.7 Å². The summed E-state index contributed by atoms with van der Waals surface area (Å²) >= 11 is 0. The van der Waals surface area contributed by atoms with E-state index in [1.54, 1.807) is 30.6 Å². The van der Waals surface area contributed by atoms with E-state index in [-0.39, 0.29) is 17.9 Å². The monoisotopic (exact) mass is 438 g/mol. The van der Waals surface area contributed by atoms with E-state index in [2.05, 4.69) is 19.8 Å². The molecule has 0 unspecified atom stereocenters. The zero-order chi connectivity index (χ0) is 22.3. The van der Waals surface area contributed by atoms with Crippen LogP contribution in [0.4, 0.5) is 13.2 Å². The lowest BCUT2D eigenvalue weighted by Crippen LogP contribution is -2.24. The highest BCUT2D eigenvalue weighted by Gasteiger charge is 2.31. The molecular formula is C23H17F3N4O2. The Bertz CT molecular complexity index is 1350. The highest BCUT2D eigenvalue weighted by atomic mass is 19.4. The van der Waals surface area contributed by atoms with E-state index < -0.39 is 6.36 Å². The van der Waals surface area contributed by atoms with Crippen LogP contribution >= 0.6 is 0 Å². The van der Waals surface area contributed by atoms with Crippen molar-refractivity contribution >= 4 is 10.8 Å². The van der Waals surface area contributed by atoms with Gasteiger partial charge in [0.1, 0.15) is 18.1 Å². The Hall–Kier alpha value is -3.75. The second kappa shape index (κ2) is 7.74. The van der Waals surface area contributed by atoms with E-state index in [1.165, 1.54) is 28.9 Å². The third kappa shape index (κ3) is 4.32. The zero-order valence-electron chi connectivity index (χ0n) is 16.7. The van der Waals surface area contributed by atoms with Crippen LogP contribution in [0.2, 0.25) is 0 Å². The predicted octanol–water partition coefficient (Wildman–Crippen LogP) is 4.68. The highest BCUT2D eigenvalue weighted by molar-refractivity contribution is 5.86. The average Bonchev–Trinajstić information content (AvgIpc) is 3.61. The lowest BCUT2D eigenvalue weighted by atomic mass is 10.0. The topological polar surface area (TPSA) is 69.9 Å². The van der Waals surface area contributed by atoms with E-state index in [0.717, 1.165) is 18.5 Å². The minimum Gasteiger partial charge on any atom is -0.406 e. The Morgan fingerprint density at radius 1 is 1.03 bits per heavy atom. The summed E-state index contributed by atoms with van der Waals surface area (Å²) in [4.78, 5) is 21.9. The molecule has 9 heteroatoms. The lowest BCUT2D eigenvalue weighted by molar-refractivity contribution is -0.274. The molecule has 1 saturated carbocycles. The van der Waals surface area contributed by atoms with Gasteiger partial charge in [0, 0.05) is 23.2 Å². The van der Waals surface area contributed by atoms with Crippen molar-refractivity contribution in [3.63, 3.8) is 0 Å². The van der Waals surface area contributed by atoms with Crippen molar-refractivity contribution in [2.24, 2.45) is 0 Å². The molecule has 1 aliphatic carbocycles. The van der Waals surface area contributed by atoms with Gasteiger partial charge in [-0.1, -0.05) is 24.3 Å². The first-order chi connectivity index (χ1) is 15.4. The van der Waals surface area contributed by atoms with E-state index in [0.29, 0.717) is 33.6 Å². The SMILES string of the molecule is O=c1c2cc(-c3ccc(OC(F)(F)F)cc3)ccc2cnn1Cc1nccc(C2CC2)n1. The van der Waals surface area contributed by atoms with Gasteiger partial charge in [-0.05, 0) is 48.2 Å². The first kappa shape index (κ1) is 20.2. The first-order valence-electron chi connectivity index (χ1n) is 10.0. The van der Waals surface area contributed by atoms with Gasteiger partial charge in [0.15, 0.2) is 0 Å². The Morgan fingerprint density at radius 2 is 1.78 bits per heavy atom. The van der Waals surface area contributed by atoms with E-state index in [4.69, 9.17) is 0 Å². The Balaban J connectivity index is 1.45. The molecule has 1 aliphatic rings. The number of ether oxygens (including phenoxy) is 1. The molecule has 0 N–H and O–H groups in total.